The van der Waals surface area contributed by atoms with Gasteiger partial charge in [0, 0.05) is 20.8 Å². The molecule has 3 fully saturated rings. The molecule has 172 valence electrons. The van der Waals surface area contributed by atoms with E-state index < -0.39 is 6.09 Å². The van der Waals surface area contributed by atoms with Gasteiger partial charge in [-0.2, -0.15) is 0 Å². The molecule has 0 radical (unpaired) electrons. The average Bonchev–Trinajstić information content (AvgIpc) is 3.62. The van der Waals surface area contributed by atoms with Gasteiger partial charge in [0.15, 0.2) is 0 Å². The van der Waals surface area contributed by atoms with Crippen LogP contribution in [-0.4, -0.2) is 82.8 Å². The van der Waals surface area contributed by atoms with Crippen LogP contribution in [0.3, 0.4) is 0 Å². The summed E-state index contributed by atoms with van der Waals surface area (Å²) in [5.74, 6) is 0.466. The molecule has 8 nitrogen and oxygen atoms in total. The second-order valence-electron chi connectivity index (χ2n) is 8.90. The maximum Gasteiger partial charge on any atom is 0.407 e. The van der Waals surface area contributed by atoms with Gasteiger partial charge in [0.1, 0.15) is 29.5 Å². The third-order valence-electron chi connectivity index (χ3n) is 6.28. The molecule has 0 bridgehead atoms. The number of carbonyl (C=O) groups excluding carboxylic acids is 1. The number of alkyl carbamates (subject to hydrolysis) is 1. The molecule has 2 unspecified atom stereocenters. The summed E-state index contributed by atoms with van der Waals surface area (Å²) in [5, 5.41) is 2.74. The van der Waals surface area contributed by atoms with Gasteiger partial charge >= 0.3 is 6.09 Å². The molecule has 30 heavy (non-hydrogen) atoms. The van der Waals surface area contributed by atoms with E-state index >= 15 is 0 Å². The van der Waals surface area contributed by atoms with Crippen LogP contribution in [-0.2, 0) is 28.4 Å². The van der Waals surface area contributed by atoms with Gasteiger partial charge in [-0.1, -0.05) is 26.0 Å². The highest BCUT2D eigenvalue weighted by atomic mass is 16.6. The van der Waals surface area contributed by atoms with Crippen LogP contribution in [0.2, 0.25) is 0 Å². The van der Waals surface area contributed by atoms with E-state index in [1.165, 1.54) is 0 Å². The fourth-order valence-corrected chi connectivity index (χ4v) is 4.59. The largest absolute Gasteiger partial charge is 0.443 e. The van der Waals surface area contributed by atoms with Gasteiger partial charge < -0.3 is 33.7 Å². The number of hydrogen-bond acceptors (Lipinski definition) is 7. The van der Waals surface area contributed by atoms with Crippen LogP contribution in [0, 0.1) is 11.8 Å². The summed E-state index contributed by atoms with van der Waals surface area (Å²) >= 11 is 0. The lowest BCUT2D eigenvalue weighted by molar-refractivity contribution is -0.118. The van der Waals surface area contributed by atoms with Crippen molar-refractivity contribution in [3.05, 3.63) is 12.2 Å². The molecule has 6 atom stereocenters. The first-order valence-electron chi connectivity index (χ1n) is 10.9. The highest BCUT2D eigenvalue weighted by Gasteiger charge is 2.72. The van der Waals surface area contributed by atoms with E-state index in [4.69, 9.17) is 28.4 Å². The Hall–Kier alpha value is -1.19. The number of nitrogens with one attached hydrogen (secondary N) is 1. The van der Waals surface area contributed by atoms with Crippen LogP contribution in [0.15, 0.2) is 12.2 Å². The van der Waals surface area contributed by atoms with E-state index in [-0.39, 0.29) is 35.4 Å². The highest BCUT2D eigenvalue weighted by Crippen LogP contribution is 2.59. The van der Waals surface area contributed by atoms with Crippen molar-refractivity contribution in [1.29, 1.82) is 0 Å². The predicted octanol–water partition coefficient (Wildman–Crippen LogP) is 2.31. The Kier molecular flexibility index (Phi) is 7.79. The number of allylic oxidation sites excluding steroid dienone is 1. The van der Waals surface area contributed by atoms with Gasteiger partial charge in [0.25, 0.3) is 0 Å². The minimum atomic E-state index is -0.457. The van der Waals surface area contributed by atoms with E-state index in [1.54, 1.807) is 14.2 Å². The third kappa shape index (κ3) is 5.34. The topological polar surface area (TPSA) is 91.1 Å². The summed E-state index contributed by atoms with van der Waals surface area (Å²) in [5.41, 5.74) is -0.613. The zero-order valence-corrected chi connectivity index (χ0v) is 18.8. The third-order valence-corrected chi connectivity index (χ3v) is 6.28. The monoisotopic (exact) mass is 427 g/mol. The lowest BCUT2D eigenvalue weighted by Crippen LogP contribution is -2.56. The normalized spacial score (nSPS) is 37.7. The van der Waals surface area contributed by atoms with Crippen LogP contribution >= 0.6 is 0 Å². The molecule has 0 aromatic heterocycles. The van der Waals surface area contributed by atoms with Gasteiger partial charge in [-0.25, -0.2) is 4.79 Å². The lowest BCUT2D eigenvalue weighted by atomic mass is 9.68. The van der Waals surface area contributed by atoms with Crippen LogP contribution in [0.1, 0.15) is 33.6 Å². The Labute approximate surface area is 179 Å². The second kappa shape index (κ2) is 9.96. The molecule has 1 amide bonds. The zero-order chi connectivity index (χ0) is 21.8. The van der Waals surface area contributed by atoms with Crippen LogP contribution in [0.5, 0.6) is 0 Å². The minimum Gasteiger partial charge on any atom is -0.443 e. The maximum atomic E-state index is 12.3. The van der Waals surface area contributed by atoms with Crippen molar-refractivity contribution < 1.29 is 33.2 Å². The van der Waals surface area contributed by atoms with Crippen molar-refractivity contribution in [3.8, 4) is 0 Å². The van der Waals surface area contributed by atoms with E-state index in [0.29, 0.717) is 45.3 Å². The van der Waals surface area contributed by atoms with Gasteiger partial charge in [-0.3, -0.25) is 0 Å². The molecular weight excluding hydrogens is 390 g/mol. The van der Waals surface area contributed by atoms with Crippen molar-refractivity contribution in [2.75, 3.05) is 47.2 Å². The fourth-order valence-electron chi connectivity index (χ4n) is 4.59. The summed E-state index contributed by atoms with van der Waals surface area (Å²) in [6.07, 6.45) is 4.77. The van der Waals surface area contributed by atoms with Gasteiger partial charge in [0.2, 0.25) is 0 Å². The molecule has 2 saturated heterocycles. The zero-order valence-electron chi connectivity index (χ0n) is 18.8. The Bertz CT molecular complexity index is 606. The molecular formula is C22H37NO7. The molecule has 3 aliphatic rings. The number of methoxy groups -OCH3 is 2. The molecule has 1 saturated carbocycles. The molecule has 1 N–H and O–H groups in total. The first kappa shape index (κ1) is 23.5. The second-order valence-corrected chi connectivity index (χ2v) is 8.90. The van der Waals surface area contributed by atoms with E-state index in [0.717, 1.165) is 6.42 Å². The van der Waals surface area contributed by atoms with Gasteiger partial charge in [-0.15, -0.1) is 0 Å². The minimum absolute atomic E-state index is 0.000685. The SMILES string of the molecule is COCCOCCNC(=O)O[C@@H]1CC[C@]2(CO2)C(C2(C)O[C@@H]2C=CC(C)C)[C@@H]1OC. The van der Waals surface area contributed by atoms with Gasteiger partial charge in [0.05, 0.1) is 32.3 Å². The number of epoxide rings is 2. The lowest BCUT2D eigenvalue weighted by Gasteiger charge is -2.42. The number of amides is 1. The number of carbonyl (C=O) groups is 1. The molecule has 0 aromatic carbocycles. The Morgan fingerprint density at radius 2 is 2.03 bits per heavy atom. The van der Waals surface area contributed by atoms with Crippen molar-refractivity contribution >= 4 is 6.09 Å². The fraction of sp³-hybridized carbons (Fsp3) is 0.864. The standard InChI is InChI=1S/C22H37NO7/c1-15(2)6-7-17-21(3,30-17)19-18(26-5)16(8-9-22(19)14-28-22)29-20(24)23-10-11-27-13-12-25-4/h6-7,15-19H,8-14H2,1-5H3,(H,23,24)/t16-,17-,18-,19?,21?,22+/m1/s1. The first-order valence-corrected chi connectivity index (χ1v) is 10.9. The van der Waals surface area contributed by atoms with E-state index in [9.17, 15) is 4.79 Å². The summed E-state index contributed by atoms with van der Waals surface area (Å²) in [6, 6.07) is 0. The van der Waals surface area contributed by atoms with Crippen molar-refractivity contribution in [3.63, 3.8) is 0 Å². The van der Waals surface area contributed by atoms with Crippen LogP contribution < -0.4 is 5.32 Å². The quantitative estimate of drug-likeness (QED) is 0.307. The molecule has 2 heterocycles. The van der Waals surface area contributed by atoms with Crippen LogP contribution in [0.4, 0.5) is 4.79 Å². The van der Waals surface area contributed by atoms with Crippen molar-refractivity contribution in [2.45, 2.75) is 63.1 Å². The summed E-state index contributed by atoms with van der Waals surface area (Å²) < 4.78 is 34.0. The molecule has 8 heteroatoms. The molecule has 0 aromatic rings. The summed E-state index contributed by atoms with van der Waals surface area (Å²) in [7, 11) is 3.29. The van der Waals surface area contributed by atoms with Crippen LogP contribution in [0.25, 0.3) is 0 Å². The molecule has 1 aliphatic carbocycles. The summed E-state index contributed by atoms with van der Waals surface area (Å²) in [4.78, 5) is 12.3. The average molecular weight is 428 g/mol. The Morgan fingerprint density at radius 1 is 1.27 bits per heavy atom. The van der Waals surface area contributed by atoms with Crippen molar-refractivity contribution in [2.24, 2.45) is 11.8 Å². The van der Waals surface area contributed by atoms with E-state index in [1.807, 2.05) is 0 Å². The van der Waals surface area contributed by atoms with Crippen molar-refractivity contribution in [1.82, 2.24) is 5.32 Å². The smallest absolute Gasteiger partial charge is 0.407 e. The predicted molar refractivity (Wildman–Crippen MR) is 110 cm³/mol. The highest BCUT2D eigenvalue weighted by molar-refractivity contribution is 5.67. The molecule has 1 spiro atoms. The summed E-state index contributed by atoms with van der Waals surface area (Å²) in [6.45, 7) is 8.92. The number of hydrogen-bond donors (Lipinski definition) is 1. The maximum absolute atomic E-state index is 12.3. The van der Waals surface area contributed by atoms with E-state index in [2.05, 4.69) is 38.2 Å². The number of rotatable bonds is 11. The Morgan fingerprint density at radius 3 is 2.67 bits per heavy atom. The molecule has 2 aliphatic heterocycles. The number of ether oxygens (including phenoxy) is 6. The molecule has 3 rings (SSSR count). The Balaban J connectivity index is 1.56. The first-order chi connectivity index (χ1) is 14.4. The van der Waals surface area contributed by atoms with Gasteiger partial charge in [-0.05, 0) is 25.7 Å².